The van der Waals surface area contributed by atoms with E-state index in [2.05, 4.69) is 40.2 Å². The third-order valence-electron chi connectivity index (χ3n) is 5.65. The van der Waals surface area contributed by atoms with E-state index in [4.69, 9.17) is 16.6 Å². The fourth-order valence-electron chi connectivity index (χ4n) is 3.67. The van der Waals surface area contributed by atoms with Crippen molar-refractivity contribution < 1.29 is 34.2 Å². The van der Waals surface area contributed by atoms with E-state index in [0.29, 0.717) is 24.7 Å². The number of tetrazole rings is 1. The van der Waals surface area contributed by atoms with Gasteiger partial charge in [0.05, 0.1) is 0 Å². The number of amides is 2. The molecule has 0 radical (unpaired) electrons. The lowest BCUT2D eigenvalue weighted by Crippen LogP contribution is -2.74. The van der Waals surface area contributed by atoms with Crippen LogP contribution in [0, 0.1) is 5.41 Å². The number of carbonyl (C=O) groups excluding carboxylic acids is 2. The molecule has 2 aromatic heterocycles. The van der Waals surface area contributed by atoms with E-state index in [-0.39, 0.29) is 29.0 Å². The zero-order valence-electron chi connectivity index (χ0n) is 20.0. The molecule has 0 spiro atoms. The van der Waals surface area contributed by atoms with Crippen molar-refractivity contribution in [2.75, 3.05) is 36.9 Å². The second-order valence-corrected chi connectivity index (χ2v) is 11.2. The van der Waals surface area contributed by atoms with E-state index in [1.807, 2.05) is 0 Å². The Morgan fingerprint density at radius 1 is 1.33 bits per heavy atom. The Hall–Kier alpha value is -3.56. The highest BCUT2D eigenvalue weighted by Crippen LogP contribution is 2.44. The maximum Gasteiger partial charge on any atom is 0.344 e. The molecule has 210 valence electrons. The van der Waals surface area contributed by atoms with Gasteiger partial charge in [0.2, 0.25) is 29.2 Å². The van der Waals surface area contributed by atoms with Crippen molar-refractivity contribution in [3.05, 3.63) is 5.82 Å². The molecule has 0 aliphatic carbocycles. The van der Waals surface area contributed by atoms with Crippen LogP contribution in [0.25, 0.3) is 0 Å². The van der Waals surface area contributed by atoms with Crippen molar-refractivity contribution in [3.63, 3.8) is 0 Å². The molecule has 7 N–H and O–H groups in total. The minimum atomic E-state index is -1.32. The molecule has 4 rings (SSSR count). The Morgan fingerprint density at radius 2 is 2.13 bits per heavy atom. The first-order valence-electron chi connectivity index (χ1n) is 11.2. The molecule has 2 fully saturated rings. The standard InChI is InChI=1S/C18H23N11O7S3/c19-2-1-3-29-17(23-26-27-29)38-7-18(15(34)35)5-28-13(33)10(14(28)37-6-18)21-12(32)9(24-36-4-8(30)31)11-22-16(20)39-25-11/h10,14H,1-7,19H2,(H,21,32)(H,30,31)(H,34,35)(H2,20,22,25)/t10?,14-,18?/m1/s1. The number of nitrogens with two attached hydrogens (primary N) is 2. The van der Waals surface area contributed by atoms with Gasteiger partial charge < -0.3 is 36.7 Å². The molecule has 0 saturated carbocycles. The molecule has 2 amide bonds. The molecular formula is C18H23N11O7S3. The van der Waals surface area contributed by atoms with Gasteiger partial charge >= 0.3 is 11.9 Å². The maximum atomic E-state index is 13.0. The van der Waals surface area contributed by atoms with Crippen molar-refractivity contribution in [1.82, 2.24) is 39.8 Å². The second kappa shape index (κ2) is 12.1. The number of nitrogens with zero attached hydrogens (tertiary/aromatic N) is 8. The summed E-state index contributed by atoms with van der Waals surface area (Å²) in [4.78, 5) is 58.9. The first-order valence-corrected chi connectivity index (χ1v) is 14.0. The molecule has 2 saturated heterocycles. The largest absolute Gasteiger partial charge is 0.481 e. The predicted octanol–water partition coefficient (Wildman–Crippen LogP) is -2.48. The number of aryl methyl sites for hydroxylation is 1. The van der Waals surface area contributed by atoms with Crippen LogP contribution in [0.15, 0.2) is 10.3 Å². The number of anilines is 1. The van der Waals surface area contributed by atoms with Crippen LogP contribution < -0.4 is 16.8 Å². The Balaban J connectivity index is 1.41. The molecule has 0 aromatic carbocycles. The fourth-order valence-corrected chi connectivity index (χ4v) is 6.87. The summed E-state index contributed by atoms with van der Waals surface area (Å²) >= 11 is 3.18. The van der Waals surface area contributed by atoms with Gasteiger partial charge in [0.1, 0.15) is 16.8 Å². The minimum Gasteiger partial charge on any atom is -0.481 e. The van der Waals surface area contributed by atoms with Crippen LogP contribution in [0.1, 0.15) is 12.2 Å². The van der Waals surface area contributed by atoms with E-state index in [1.165, 1.54) is 28.4 Å². The maximum absolute atomic E-state index is 13.0. The lowest BCUT2D eigenvalue weighted by Gasteiger charge is -2.53. The van der Waals surface area contributed by atoms with Gasteiger partial charge in [-0.05, 0) is 23.4 Å². The molecule has 2 aromatic rings. The lowest BCUT2D eigenvalue weighted by atomic mass is 9.89. The zero-order valence-corrected chi connectivity index (χ0v) is 22.4. The van der Waals surface area contributed by atoms with Crippen molar-refractivity contribution in [1.29, 1.82) is 0 Å². The number of nitrogen functional groups attached to an aromatic ring is 1. The van der Waals surface area contributed by atoms with Gasteiger partial charge in [0.15, 0.2) is 5.13 Å². The average Bonchev–Trinajstić information content (AvgIpc) is 3.55. The van der Waals surface area contributed by atoms with Gasteiger partial charge in [-0.1, -0.05) is 16.9 Å². The molecule has 4 heterocycles. The normalized spacial score (nSPS) is 22.6. The monoisotopic (exact) mass is 601 g/mol. The highest BCUT2D eigenvalue weighted by Gasteiger charge is 2.57. The number of rotatable bonds is 13. The van der Waals surface area contributed by atoms with Crippen LogP contribution in [-0.2, 0) is 30.6 Å². The molecule has 39 heavy (non-hydrogen) atoms. The summed E-state index contributed by atoms with van der Waals surface area (Å²) in [6.45, 7) is 0.0480. The summed E-state index contributed by atoms with van der Waals surface area (Å²) in [5.41, 5.74) is 9.37. The molecule has 18 nitrogen and oxygen atoms in total. The van der Waals surface area contributed by atoms with E-state index < -0.39 is 52.9 Å². The minimum absolute atomic E-state index is 0.0359. The summed E-state index contributed by atoms with van der Waals surface area (Å²) in [5, 5.41) is 36.3. The predicted molar refractivity (Wildman–Crippen MR) is 137 cm³/mol. The highest BCUT2D eigenvalue weighted by atomic mass is 32.2. The number of carbonyl (C=O) groups is 4. The number of aliphatic carboxylic acids is 2. The van der Waals surface area contributed by atoms with Crippen molar-refractivity contribution in [3.8, 4) is 0 Å². The molecule has 21 heteroatoms. The van der Waals surface area contributed by atoms with Gasteiger partial charge in [0.25, 0.3) is 5.91 Å². The summed E-state index contributed by atoms with van der Waals surface area (Å²) in [6, 6.07) is -0.980. The SMILES string of the molecule is NCCCn1nnnc1SCC1(C(=O)O)CS[C@@H]2C(NC(=O)C(=NOCC(=O)O)c3nsc(N)n3)C(=O)N2C1. The van der Waals surface area contributed by atoms with Gasteiger partial charge in [-0.3, -0.25) is 14.4 Å². The summed E-state index contributed by atoms with van der Waals surface area (Å²) < 4.78 is 5.44. The fraction of sp³-hybridized carbons (Fsp3) is 0.556. The quantitative estimate of drug-likeness (QED) is 0.0688. The van der Waals surface area contributed by atoms with Crippen LogP contribution >= 0.6 is 35.1 Å². The van der Waals surface area contributed by atoms with Gasteiger partial charge in [0, 0.05) is 36.1 Å². The summed E-state index contributed by atoms with van der Waals surface area (Å²) in [5.74, 6) is -3.68. The summed E-state index contributed by atoms with van der Waals surface area (Å²) in [6.07, 6.45) is 0.652. The van der Waals surface area contributed by atoms with E-state index in [1.54, 1.807) is 4.68 Å². The van der Waals surface area contributed by atoms with Gasteiger partial charge in [-0.25, -0.2) is 9.48 Å². The number of oxime groups is 1. The third-order valence-corrected chi connectivity index (χ3v) is 9.03. The molecule has 3 atom stereocenters. The van der Waals surface area contributed by atoms with Crippen LogP contribution in [0.4, 0.5) is 5.13 Å². The van der Waals surface area contributed by atoms with Gasteiger partial charge in [-0.2, -0.15) is 9.36 Å². The van der Waals surface area contributed by atoms with E-state index in [0.717, 1.165) is 11.5 Å². The van der Waals surface area contributed by atoms with Crippen molar-refractivity contribution in [2.45, 2.75) is 29.5 Å². The number of carboxylic acid groups (broad SMARTS) is 2. The Bertz CT molecular complexity index is 1290. The van der Waals surface area contributed by atoms with Crippen molar-refractivity contribution >= 4 is 69.7 Å². The number of hydrogen-bond donors (Lipinski definition) is 5. The van der Waals surface area contributed by atoms with Crippen molar-refractivity contribution in [2.24, 2.45) is 16.3 Å². The molecule has 0 bridgehead atoms. The second-order valence-electron chi connectivity index (χ2n) is 8.38. The van der Waals surface area contributed by atoms with Gasteiger partial charge in [-0.15, -0.1) is 16.9 Å². The number of thioether (sulfide) groups is 2. The van der Waals surface area contributed by atoms with Crippen LogP contribution in [-0.4, -0.2) is 117 Å². The number of fused-ring (bicyclic) bond motifs is 1. The molecule has 2 unspecified atom stereocenters. The number of nitrogens with one attached hydrogen (secondary N) is 1. The molecule has 2 aliphatic heterocycles. The average molecular weight is 602 g/mol. The Morgan fingerprint density at radius 3 is 2.79 bits per heavy atom. The topological polar surface area (TPSA) is 267 Å². The number of β-lactam (4-membered cyclic amide) rings is 1. The third kappa shape index (κ3) is 6.20. The van der Waals surface area contributed by atoms with Crippen LogP contribution in [0.2, 0.25) is 0 Å². The summed E-state index contributed by atoms with van der Waals surface area (Å²) in [7, 11) is 0. The Kier molecular flexibility index (Phi) is 8.82. The first-order chi connectivity index (χ1) is 18.6. The van der Waals surface area contributed by atoms with E-state index >= 15 is 0 Å². The lowest BCUT2D eigenvalue weighted by molar-refractivity contribution is -0.157. The van der Waals surface area contributed by atoms with Crippen LogP contribution in [0.3, 0.4) is 0 Å². The van der Waals surface area contributed by atoms with Crippen LogP contribution in [0.5, 0.6) is 0 Å². The molecule has 2 aliphatic rings. The zero-order chi connectivity index (χ0) is 28.2. The highest BCUT2D eigenvalue weighted by molar-refractivity contribution is 8.00. The first kappa shape index (κ1) is 28.4. The Labute approximate surface area is 232 Å². The number of carboxylic acids is 2. The number of hydrogen-bond acceptors (Lipinski definition) is 16. The smallest absolute Gasteiger partial charge is 0.344 e. The number of aromatic nitrogens is 6. The van der Waals surface area contributed by atoms with E-state index in [9.17, 15) is 24.3 Å². The molecular weight excluding hydrogens is 578 g/mol.